The lowest BCUT2D eigenvalue weighted by Crippen LogP contribution is -2.29. The molecule has 0 aliphatic heterocycles. The number of aromatic nitrogens is 1. The lowest BCUT2D eigenvalue weighted by molar-refractivity contribution is -0.122. The molecule has 2 heterocycles. The number of hydrogen-bond acceptors (Lipinski definition) is 4. The van der Waals surface area contributed by atoms with Crippen LogP contribution in [0.25, 0.3) is 10.6 Å². The first-order valence-corrected chi connectivity index (χ1v) is 8.81. The van der Waals surface area contributed by atoms with Crippen LogP contribution >= 0.6 is 22.7 Å². The average Bonchev–Trinajstić information content (AvgIpc) is 2.95. The van der Waals surface area contributed by atoms with Gasteiger partial charge in [-0.15, -0.1) is 22.7 Å². The van der Waals surface area contributed by atoms with Crippen molar-refractivity contribution in [2.24, 2.45) is 5.41 Å². The van der Waals surface area contributed by atoms with Crippen LogP contribution in [0.5, 0.6) is 0 Å². The van der Waals surface area contributed by atoms with E-state index in [9.17, 15) is 4.79 Å². The fourth-order valence-corrected chi connectivity index (χ4v) is 3.65. The molecule has 0 aromatic carbocycles. The summed E-state index contributed by atoms with van der Waals surface area (Å²) < 4.78 is 0. The average molecular weight is 322 g/mol. The highest BCUT2D eigenvalue weighted by atomic mass is 32.1. The maximum absolute atomic E-state index is 11.8. The highest BCUT2D eigenvalue weighted by molar-refractivity contribution is 7.16. The van der Waals surface area contributed by atoms with E-state index in [-0.39, 0.29) is 11.3 Å². The first kappa shape index (κ1) is 16.2. The molecule has 0 aliphatic rings. The minimum Gasteiger partial charge on any atom is -0.356 e. The fourth-order valence-electron chi connectivity index (χ4n) is 2.00. The lowest BCUT2D eigenvalue weighted by atomic mass is 9.92. The van der Waals surface area contributed by atoms with Crippen LogP contribution in [0.1, 0.15) is 37.1 Å². The molecule has 0 unspecified atom stereocenters. The van der Waals surface area contributed by atoms with E-state index in [0.717, 1.165) is 17.1 Å². The van der Waals surface area contributed by atoms with E-state index in [2.05, 4.69) is 48.6 Å². The molecule has 0 fully saturated rings. The van der Waals surface area contributed by atoms with Gasteiger partial charge in [0.25, 0.3) is 0 Å². The number of thiazole rings is 1. The predicted octanol–water partition coefficient (Wildman–Crippen LogP) is 4.27. The van der Waals surface area contributed by atoms with Crippen LogP contribution in [0.3, 0.4) is 0 Å². The third-order valence-corrected chi connectivity index (χ3v) is 4.86. The van der Waals surface area contributed by atoms with Gasteiger partial charge >= 0.3 is 0 Å². The number of nitrogens with one attached hydrogen (secondary N) is 1. The van der Waals surface area contributed by atoms with Gasteiger partial charge in [-0.25, -0.2) is 4.98 Å². The van der Waals surface area contributed by atoms with Crippen molar-refractivity contribution in [2.75, 3.05) is 6.54 Å². The molecule has 114 valence electrons. The van der Waals surface area contributed by atoms with E-state index in [4.69, 9.17) is 0 Å². The maximum atomic E-state index is 11.8. The van der Waals surface area contributed by atoms with Crippen LogP contribution in [-0.2, 0) is 11.2 Å². The Balaban J connectivity index is 1.82. The molecule has 0 saturated carbocycles. The molecule has 3 nitrogen and oxygen atoms in total. The standard InChI is InChI=1S/C16H22N2OS2/c1-11-18-13(10-20-11)14-6-5-12(21-14)7-8-17-15(19)9-16(2,3)4/h5-6,10H,7-9H2,1-4H3,(H,17,19). The number of carbonyl (C=O) groups is 1. The molecule has 2 aromatic rings. The number of amides is 1. The number of thiophene rings is 1. The van der Waals surface area contributed by atoms with Gasteiger partial charge in [0.1, 0.15) is 0 Å². The van der Waals surface area contributed by atoms with Gasteiger partial charge in [0.15, 0.2) is 0 Å². The molecule has 0 saturated heterocycles. The number of aryl methyl sites for hydroxylation is 1. The Hall–Kier alpha value is -1.20. The van der Waals surface area contributed by atoms with Gasteiger partial charge in [0, 0.05) is 23.2 Å². The predicted molar refractivity (Wildman–Crippen MR) is 90.9 cm³/mol. The van der Waals surface area contributed by atoms with Crippen molar-refractivity contribution in [3.8, 4) is 10.6 Å². The third kappa shape index (κ3) is 5.25. The number of nitrogens with zero attached hydrogens (tertiary/aromatic N) is 1. The second-order valence-electron chi connectivity index (χ2n) is 6.36. The highest BCUT2D eigenvalue weighted by Gasteiger charge is 2.15. The van der Waals surface area contributed by atoms with Gasteiger partial charge in [-0.05, 0) is 30.9 Å². The van der Waals surface area contributed by atoms with Gasteiger partial charge in [0.05, 0.1) is 15.6 Å². The molecule has 0 aliphatic carbocycles. The summed E-state index contributed by atoms with van der Waals surface area (Å²) in [7, 11) is 0. The molecule has 0 spiro atoms. The molecule has 1 amide bonds. The first-order chi connectivity index (χ1) is 9.83. The molecular weight excluding hydrogens is 300 g/mol. The van der Waals surface area contributed by atoms with Crippen molar-refractivity contribution < 1.29 is 4.79 Å². The van der Waals surface area contributed by atoms with Crippen LogP contribution in [0, 0.1) is 12.3 Å². The number of carbonyl (C=O) groups excluding carboxylic acids is 1. The fraction of sp³-hybridized carbons (Fsp3) is 0.500. The molecule has 2 rings (SSSR count). The van der Waals surface area contributed by atoms with Crippen molar-refractivity contribution >= 4 is 28.6 Å². The van der Waals surface area contributed by atoms with E-state index in [1.807, 2.05) is 6.92 Å². The van der Waals surface area contributed by atoms with Gasteiger partial charge in [-0.2, -0.15) is 0 Å². The van der Waals surface area contributed by atoms with Gasteiger partial charge in [0.2, 0.25) is 5.91 Å². The Labute approximate surface area is 134 Å². The molecular formula is C16H22N2OS2. The quantitative estimate of drug-likeness (QED) is 0.893. The summed E-state index contributed by atoms with van der Waals surface area (Å²) in [5.41, 5.74) is 1.10. The highest BCUT2D eigenvalue weighted by Crippen LogP contribution is 2.29. The van der Waals surface area contributed by atoms with Crippen molar-refractivity contribution in [2.45, 2.75) is 40.5 Å². The Morgan fingerprint density at radius 1 is 1.33 bits per heavy atom. The van der Waals surface area contributed by atoms with Crippen molar-refractivity contribution in [1.82, 2.24) is 10.3 Å². The van der Waals surface area contributed by atoms with E-state index in [1.165, 1.54) is 9.75 Å². The lowest BCUT2D eigenvalue weighted by Gasteiger charge is -2.17. The zero-order valence-corrected chi connectivity index (χ0v) is 14.7. The van der Waals surface area contributed by atoms with Gasteiger partial charge < -0.3 is 5.32 Å². The second kappa shape index (κ2) is 6.71. The summed E-state index contributed by atoms with van der Waals surface area (Å²) in [6, 6.07) is 4.25. The summed E-state index contributed by atoms with van der Waals surface area (Å²) in [4.78, 5) is 18.8. The van der Waals surface area contributed by atoms with E-state index >= 15 is 0 Å². The first-order valence-electron chi connectivity index (χ1n) is 7.11. The van der Waals surface area contributed by atoms with Crippen molar-refractivity contribution in [1.29, 1.82) is 0 Å². The normalized spacial score (nSPS) is 11.6. The SMILES string of the molecule is Cc1nc(-c2ccc(CCNC(=O)CC(C)(C)C)s2)cs1. The monoisotopic (exact) mass is 322 g/mol. The Kier molecular flexibility index (Phi) is 5.17. The zero-order valence-electron chi connectivity index (χ0n) is 13.0. The molecule has 0 bridgehead atoms. The molecule has 21 heavy (non-hydrogen) atoms. The summed E-state index contributed by atoms with van der Waals surface area (Å²) in [5, 5.41) is 6.18. The molecule has 0 radical (unpaired) electrons. The van der Waals surface area contributed by atoms with Crippen molar-refractivity contribution in [3.05, 3.63) is 27.4 Å². The molecule has 0 atom stereocenters. The van der Waals surface area contributed by atoms with Gasteiger partial charge in [-0.3, -0.25) is 4.79 Å². The number of rotatable bonds is 5. The van der Waals surface area contributed by atoms with Crippen molar-refractivity contribution in [3.63, 3.8) is 0 Å². The summed E-state index contributed by atoms with van der Waals surface area (Å²) >= 11 is 3.43. The maximum Gasteiger partial charge on any atom is 0.220 e. The van der Waals surface area contributed by atoms with Gasteiger partial charge in [-0.1, -0.05) is 20.8 Å². The van der Waals surface area contributed by atoms with Crippen LogP contribution in [0.2, 0.25) is 0 Å². The Bertz CT molecular complexity index is 608. The molecule has 5 heteroatoms. The Morgan fingerprint density at radius 3 is 2.71 bits per heavy atom. The minimum absolute atomic E-state index is 0.0443. The second-order valence-corrected chi connectivity index (χ2v) is 8.59. The summed E-state index contributed by atoms with van der Waals surface area (Å²) in [5.74, 6) is 0.134. The Morgan fingerprint density at radius 2 is 2.10 bits per heavy atom. The van der Waals surface area contributed by atoms with Crippen LogP contribution in [0.4, 0.5) is 0 Å². The topological polar surface area (TPSA) is 42.0 Å². The summed E-state index contributed by atoms with van der Waals surface area (Å²) in [6.07, 6.45) is 1.45. The van der Waals surface area contributed by atoms with Crippen LogP contribution in [0.15, 0.2) is 17.5 Å². The summed E-state index contributed by atoms with van der Waals surface area (Å²) in [6.45, 7) is 8.95. The van der Waals surface area contributed by atoms with E-state index in [0.29, 0.717) is 13.0 Å². The molecule has 2 aromatic heterocycles. The van der Waals surface area contributed by atoms with E-state index in [1.54, 1.807) is 22.7 Å². The van der Waals surface area contributed by atoms with Crippen LogP contribution < -0.4 is 5.32 Å². The van der Waals surface area contributed by atoms with E-state index < -0.39 is 0 Å². The molecule has 1 N–H and O–H groups in total. The third-order valence-electron chi connectivity index (χ3n) is 2.92. The minimum atomic E-state index is 0.0443. The smallest absolute Gasteiger partial charge is 0.220 e. The van der Waals surface area contributed by atoms with Crippen LogP contribution in [-0.4, -0.2) is 17.4 Å². The number of hydrogen-bond donors (Lipinski definition) is 1. The largest absolute Gasteiger partial charge is 0.356 e. The zero-order chi connectivity index (χ0) is 15.5.